The van der Waals surface area contributed by atoms with Gasteiger partial charge in [0.25, 0.3) is 0 Å². The number of hydrogen-bond donors (Lipinski definition) is 0. The van der Waals surface area contributed by atoms with Crippen LogP contribution in [0.4, 0.5) is 0 Å². The molecular weight excluding hydrogens is 374 g/mol. The van der Waals surface area contributed by atoms with Crippen LogP contribution < -0.4 is 0 Å². The average Bonchev–Trinajstić information content (AvgIpc) is 3.30. The molecule has 1 aromatic heterocycles. The molecule has 144 valence electrons. The number of halogens is 1. The van der Waals surface area contributed by atoms with Gasteiger partial charge < -0.3 is 9.42 Å². The molecule has 4 rings (SSSR count). The molecule has 1 amide bonds. The van der Waals surface area contributed by atoms with Gasteiger partial charge in [0.15, 0.2) is 0 Å². The maximum atomic E-state index is 12.4. The van der Waals surface area contributed by atoms with Crippen molar-refractivity contribution in [3.05, 3.63) is 70.6 Å². The predicted octanol–water partition coefficient (Wildman–Crippen LogP) is 5.38. The van der Waals surface area contributed by atoms with Crippen LogP contribution in [0.25, 0.3) is 11.4 Å². The number of aromatic nitrogens is 2. The van der Waals surface area contributed by atoms with Gasteiger partial charge in [0.05, 0.1) is 0 Å². The Morgan fingerprint density at radius 3 is 2.71 bits per heavy atom. The van der Waals surface area contributed by atoms with Crippen molar-refractivity contribution >= 4 is 17.5 Å². The van der Waals surface area contributed by atoms with Crippen LogP contribution in [-0.2, 0) is 11.3 Å². The summed E-state index contributed by atoms with van der Waals surface area (Å²) < 4.78 is 5.54. The van der Waals surface area contributed by atoms with Crippen molar-refractivity contribution < 1.29 is 9.32 Å². The zero-order valence-corrected chi connectivity index (χ0v) is 16.7. The Kier molecular flexibility index (Phi) is 5.18. The van der Waals surface area contributed by atoms with Crippen molar-refractivity contribution in [1.29, 1.82) is 0 Å². The first-order valence-electron chi connectivity index (χ1n) is 9.49. The molecule has 2 heterocycles. The van der Waals surface area contributed by atoms with E-state index in [0.29, 0.717) is 42.0 Å². The lowest BCUT2D eigenvalue weighted by atomic mass is 10.0. The van der Waals surface area contributed by atoms with Crippen molar-refractivity contribution in [3.8, 4) is 11.4 Å². The Balaban J connectivity index is 1.55. The topological polar surface area (TPSA) is 59.2 Å². The van der Waals surface area contributed by atoms with Gasteiger partial charge >= 0.3 is 0 Å². The fourth-order valence-corrected chi connectivity index (χ4v) is 3.74. The van der Waals surface area contributed by atoms with Crippen molar-refractivity contribution in [2.24, 2.45) is 0 Å². The van der Waals surface area contributed by atoms with Gasteiger partial charge in [0, 0.05) is 23.6 Å². The monoisotopic (exact) mass is 395 g/mol. The van der Waals surface area contributed by atoms with E-state index in [4.69, 9.17) is 16.1 Å². The quantitative estimate of drug-likeness (QED) is 0.582. The number of carbonyl (C=O) groups is 1. The summed E-state index contributed by atoms with van der Waals surface area (Å²) >= 11 is 6.08. The lowest BCUT2D eigenvalue weighted by Crippen LogP contribution is -2.27. The van der Waals surface area contributed by atoms with Crippen LogP contribution in [0.5, 0.6) is 0 Å². The minimum atomic E-state index is -0.206. The van der Waals surface area contributed by atoms with Crippen LogP contribution in [0, 0.1) is 0 Å². The van der Waals surface area contributed by atoms with Gasteiger partial charge in [-0.15, -0.1) is 0 Å². The molecule has 1 atom stereocenters. The van der Waals surface area contributed by atoms with E-state index in [1.54, 1.807) is 4.90 Å². The van der Waals surface area contributed by atoms with Gasteiger partial charge in [-0.05, 0) is 35.6 Å². The number of likely N-dealkylation sites (tertiary alicyclic amines) is 1. The van der Waals surface area contributed by atoms with E-state index in [2.05, 4.69) is 36.1 Å². The molecule has 6 heteroatoms. The fourth-order valence-electron chi connectivity index (χ4n) is 3.53. The van der Waals surface area contributed by atoms with E-state index in [0.717, 1.165) is 11.1 Å². The van der Waals surface area contributed by atoms with E-state index in [1.807, 2.05) is 36.4 Å². The first-order chi connectivity index (χ1) is 13.5. The van der Waals surface area contributed by atoms with Gasteiger partial charge in [-0.2, -0.15) is 4.98 Å². The Hall–Kier alpha value is -2.66. The molecule has 1 saturated heterocycles. The molecular formula is C22H22ClN3O2. The summed E-state index contributed by atoms with van der Waals surface area (Å²) in [6.07, 6.45) is 1.15. The van der Waals surface area contributed by atoms with Crippen LogP contribution in [0.15, 0.2) is 53.1 Å². The molecule has 2 aromatic carbocycles. The zero-order chi connectivity index (χ0) is 19.7. The number of carbonyl (C=O) groups excluding carboxylic acids is 1. The first-order valence-corrected chi connectivity index (χ1v) is 9.87. The standard InChI is InChI=1S/C22H22ClN3O2/c1-14(2)16-6-8-17(9-7-16)21-24-22(28-25-21)19-10-11-20(27)26(19)13-15-4-3-5-18(23)12-15/h3-9,12,14,19H,10-11,13H2,1-2H3. The van der Waals surface area contributed by atoms with Gasteiger partial charge in [-0.3, -0.25) is 4.79 Å². The molecule has 5 nitrogen and oxygen atoms in total. The second-order valence-corrected chi connectivity index (χ2v) is 7.88. The van der Waals surface area contributed by atoms with Crippen LogP contribution >= 0.6 is 11.6 Å². The Bertz CT molecular complexity index is 981. The molecule has 3 aromatic rings. The smallest absolute Gasteiger partial charge is 0.249 e. The minimum absolute atomic E-state index is 0.0889. The molecule has 0 aliphatic carbocycles. The summed E-state index contributed by atoms with van der Waals surface area (Å²) in [4.78, 5) is 18.8. The second-order valence-electron chi connectivity index (χ2n) is 7.44. The molecule has 0 radical (unpaired) electrons. The molecule has 0 N–H and O–H groups in total. The summed E-state index contributed by atoms with van der Waals surface area (Å²) in [5.41, 5.74) is 3.16. The average molecular weight is 396 g/mol. The third kappa shape index (κ3) is 3.80. The highest BCUT2D eigenvalue weighted by atomic mass is 35.5. The third-order valence-electron chi connectivity index (χ3n) is 5.13. The lowest BCUT2D eigenvalue weighted by molar-refractivity contribution is -0.129. The molecule has 0 bridgehead atoms. The Morgan fingerprint density at radius 2 is 2.00 bits per heavy atom. The molecule has 1 fully saturated rings. The Morgan fingerprint density at radius 1 is 1.21 bits per heavy atom. The normalized spacial score (nSPS) is 16.9. The molecule has 0 saturated carbocycles. The predicted molar refractivity (Wildman–Crippen MR) is 108 cm³/mol. The summed E-state index contributed by atoms with van der Waals surface area (Å²) in [6, 6.07) is 15.5. The van der Waals surface area contributed by atoms with E-state index in [1.165, 1.54) is 5.56 Å². The number of amides is 1. The highest BCUT2D eigenvalue weighted by molar-refractivity contribution is 6.30. The van der Waals surface area contributed by atoms with E-state index in [-0.39, 0.29) is 11.9 Å². The van der Waals surface area contributed by atoms with Crippen LogP contribution in [0.1, 0.15) is 55.7 Å². The summed E-state index contributed by atoms with van der Waals surface area (Å²) in [5, 5.41) is 4.80. The second kappa shape index (κ2) is 7.76. The molecule has 1 aliphatic rings. The molecule has 28 heavy (non-hydrogen) atoms. The van der Waals surface area contributed by atoms with Crippen LogP contribution in [0.3, 0.4) is 0 Å². The zero-order valence-electron chi connectivity index (χ0n) is 15.9. The number of rotatable bonds is 5. The SMILES string of the molecule is CC(C)c1ccc(-c2noc(C3CCC(=O)N3Cc3cccc(Cl)c3)n2)cc1. The highest BCUT2D eigenvalue weighted by Crippen LogP contribution is 2.34. The van der Waals surface area contributed by atoms with Crippen LogP contribution in [0.2, 0.25) is 5.02 Å². The molecule has 1 aliphatic heterocycles. The number of benzene rings is 2. The van der Waals surface area contributed by atoms with E-state index < -0.39 is 0 Å². The first kappa shape index (κ1) is 18.7. The van der Waals surface area contributed by atoms with Crippen molar-refractivity contribution in [1.82, 2.24) is 15.0 Å². The summed E-state index contributed by atoms with van der Waals surface area (Å²) in [7, 11) is 0. The van der Waals surface area contributed by atoms with E-state index >= 15 is 0 Å². The highest BCUT2D eigenvalue weighted by Gasteiger charge is 2.36. The van der Waals surface area contributed by atoms with Gasteiger partial charge in [-0.25, -0.2) is 0 Å². The van der Waals surface area contributed by atoms with Gasteiger partial charge in [-0.1, -0.05) is 67.0 Å². The van der Waals surface area contributed by atoms with Gasteiger partial charge in [0.2, 0.25) is 17.6 Å². The number of hydrogen-bond acceptors (Lipinski definition) is 4. The summed E-state index contributed by atoms with van der Waals surface area (Å²) in [6.45, 7) is 4.80. The fraction of sp³-hybridized carbons (Fsp3) is 0.318. The lowest BCUT2D eigenvalue weighted by Gasteiger charge is -2.22. The maximum Gasteiger partial charge on any atom is 0.249 e. The summed E-state index contributed by atoms with van der Waals surface area (Å²) in [5.74, 6) is 1.59. The van der Waals surface area contributed by atoms with Gasteiger partial charge in [0.1, 0.15) is 6.04 Å². The van der Waals surface area contributed by atoms with E-state index in [9.17, 15) is 4.79 Å². The molecule has 0 spiro atoms. The maximum absolute atomic E-state index is 12.4. The van der Waals surface area contributed by atoms with Crippen LogP contribution in [-0.4, -0.2) is 20.9 Å². The Labute approximate surface area is 169 Å². The van der Waals surface area contributed by atoms with Crippen molar-refractivity contribution in [2.45, 2.75) is 45.2 Å². The van der Waals surface area contributed by atoms with Crippen molar-refractivity contribution in [3.63, 3.8) is 0 Å². The molecule has 1 unspecified atom stereocenters. The third-order valence-corrected chi connectivity index (χ3v) is 5.37. The number of nitrogens with zero attached hydrogens (tertiary/aromatic N) is 3. The van der Waals surface area contributed by atoms with Crippen molar-refractivity contribution in [2.75, 3.05) is 0 Å². The largest absolute Gasteiger partial charge is 0.337 e. The minimum Gasteiger partial charge on any atom is -0.337 e.